The monoisotopic (exact) mass is 955 g/mol. The topological polar surface area (TPSA) is 232 Å². The molecule has 0 radical (unpaired) electrons. The van der Waals surface area contributed by atoms with E-state index in [9.17, 15) is 29.7 Å². The quantitative estimate of drug-likeness (QED) is 0.0195. The summed E-state index contributed by atoms with van der Waals surface area (Å²) in [6.45, 7) is -0.286. The van der Waals surface area contributed by atoms with E-state index >= 15 is 0 Å². The number of carboxylic acids is 1. The maximum Gasteiger partial charge on any atom is 0.352 e. The molecule has 16 nitrogen and oxygen atoms in total. The Morgan fingerprint density at radius 3 is 2.41 bits per heavy atom. The number of thioether (sulfide) groups is 2. The van der Waals surface area contributed by atoms with E-state index in [0.29, 0.717) is 38.4 Å². The minimum Gasteiger partial charge on any atom is -0.504 e. The number of anilines is 1. The molecule has 1 saturated heterocycles. The number of rotatable bonds is 13. The van der Waals surface area contributed by atoms with Gasteiger partial charge in [-0.2, -0.15) is 0 Å². The van der Waals surface area contributed by atoms with E-state index in [1.807, 2.05) is 60.7 Å². The Balaban J connectivity index is 0.915. The Labute approximate surface area is 385 Å². The lowest BCUT2D eigenvalue weighted by atomic mass is 9.97. The van der Waals surface area contributed by atoms with Gasteiger partial charge in [0.2, 0.25) is 0 Å². The summed E-state index contributed by atoms with van der Waals surface area (Å²) in [5, 5.41) is 38.7. The Bertz CT molecular complexity index is 2870. The SMILES string of the molecule is Nc1nc(/C(=N\OCc2cc(Cl)c3c(c2Cl)OC(c2ccccc2)(c2ccccc2)O3)C(=O)N[C@@H]2C(=O)N3C(C(=O)O)=C(CSc4ncncc4-c4ccc(O)c(O)c4)CS[C@H]23)cs1. The number of hydrogen-bond donors (Lipinski definition) is 5. The van der Waals surface area contributed by atoms with Gasteiger partial charge in [-0.15, -0.1) is 34.9 Å². The van der Waals surface area contributed by atoms with Gasteiger partial charge in [0, 0.05) is 45.3 Å². The van der Waals surface area contributed by atoms with Gasteiger partial charge in [0.25, 0.3) is 11.8 Å². The Morgan fingerprint density at radius 1 is 1.02 bits per heavy atom. The number of halogens is 2. The molecule has 21 heteroatoms. The van der Waals surface area contributed by atoms with Crippen LogP contribution < -0.4 is 20.5 Å². The van der Waals surface area contributed by atoms with Crippen molar-refractivity contribution < 1.29 is 44.0 Å². The number of aromatic hydroxyl groups is 2. The average molecular weight is 957 g/mol. The highest BCUT2D eigenvalue weighted by molar-refractivity contribution is 8.01. The number of ether oxygens (including phenoxy) is 2. The molecule has 4 aromatic carbocycles. The van der Waals surface area contributed by atoms with E-state index in [2.05, 4.69) is 25.4 Å². The van der Waals surface area contributed by atoms with Crippen LogP contribution in [0.25, 0.3) is 11.1 Å². The molecule has 9 rings (SSSR count). The van der Waals surface area contributed by atoms with E-state index in [1.54, 1.807) is 12.1 Å². The van der Waals surface area contributed by atoms with Crippen LogP contribution in [0.3, 0.4) is 0 Å². The lowest BCUT2D eigenvalue weighted by Crippen LogP contribution is -2.71. The van der Waals surface area contributed by atoms with Gasteiger partial charge >= 0.3 is 11.8 Å². The number of amides is 2. The van der Waals surface area contributed by atoms with Gasteiger partial charge in [0.15, 0.2) is 33.8 Å². The average Bonchev–Trinajstić information content (AvgIpc) is 3.94. The van der Waals surface area contributed by atoms with Crippen molar-refractivity contribution >= 4 is 86.7 Å². The summed E-state index contributed by atoms with van der Waals surface area (Å²) in [5.41, 5.74) is 8.77. The van der Waals surface area contributed by atoms with Crippen LogP contribution in [0.5, 0.6) is 23.0 Å². The number of carboxylic acid groups (broad SMARTS) is 1. The zero-order valence-electron chi connectivity index (χ0n) is 32.7. The number of carbonyl (C=O) groups excluding carboxylic acids is 2. The number of oxime groups is 1. The second-order valence-electron chi connectivity index (χ2n) is 14.2. The van der Waals surface area contributed by atoms with Crippen molar-refractivity contribution in [2.75, 3.05) is 17.2 Å². The maximum atomic E-state index is 13.9. The first-order valence-electron chi connectivity index (χ1n) is 19.0. The molecule has 6 N–H and O–H groups in total. The van der Waals surface area contributed by atoms with Crippen molar-refractivity contribution in [1.29, 1.82) is 0 Å². The number of carbonyl (C=O) groups is 3. The number of hydrogen-bond acceptors (Lipinski definition) is 16. The number of thiazole rings is 1. The highest BCUT2D eigenvalue weighted by Crippen LogP contribution is 2.55. The zero-order valence-corrected chi connectivity index (χ0v) is 36.6. The highest BCUT2D eigenvalue weighted by Gasteiger charge is 2.54. The summed E-state index contributed by atoms with van der Waals surface area (Å²) in [6, 6.07) is 23.4. The summed E-state index contributed by atoms with van der Waals surface area (Å²) in [5.74, 6) is -4.02. The molecule has 1 fully saturated rings. The summed E-state index contributed by atoms with van der Waals surface area (Å²) < 4.78 is 13.0. The van der Waals surface area contributed by atoms with Crippen LogP contribution in [0.2, 0.25) is 10.0 Å². The lowest BCUT2D eigenvalue weighted by Gasteiger charge is -2.49. The third kappa shape index (κ3) is 7.89. The summed E-state index contributed by atoms with van der Waals surface area (Å²) in [7, 11) is 0. The minimum absolute atomic E-state index is 0.0716. The minimum atomic E-state index is -1.40. The van der Waals surface area contributed by atoms with Crippen molar-refractivity contribution in [3.05, 3.63) is 147 Å². The smallest absolute Gasteiger partial charge is 0.352 e. The number of aliphatic carboxylic acids is 1. The fraction of sp³-hybridized carbons (Fsp3) is 0.140. The fourth-order valence-corrected chi connectivity index (χ4v) is 10.7. The number of nitrogens with one attached hydrogen (secondary N) is 1. The molecular weight excluding hydrogens is 926 g/mol. The van der Waals surface area contributed by atoms with E-state index < -0.39 is 35.0 Å². The molecule has 2 amide bonds. The van der Waals surface area contributed by atoms with Crippen molar-refractivity contribution in [3.63, 3.8) is 0 Å². The molecule has 0 aliphatic carbocycles. The van der Waals surface area contributed by atoms with Crippen LogP contribution in [0.4, 0.5) is 5.13 Å². The number of phenols is 2. The van der Waals surface area contributed by atoms with Crippen molar-refractivity contribution in [3.8, 4) is 34.1 Å². The molecule has 3 aliphatic rings. The Kier molecular flexibility index (Phi) is 11.7. The molecular formula is C43H31Cl2N7O9S3. The van der Waals surface area contributed by atoms with Gasteiger partial charge < -0.3 is 40.7 Å². The molecule has 2 aromatic heterocycles. The molecule has 6 aromatic rings. The lowest BCUT2D eigenvalue weighted by molar-refractivity contribution is -0.150. The molecule has 2 atom stereocenters. The standard InChI is InChI=1S/C43H31Cl2N7O9S3/c44-27-13-22(31(45)36-35(27)60-43(61-36,24-7-3-1-4-8-24)25-9-5-2-6-10-25)16-59-51-32(28-19-64-42(46)49-28)37(55)50-33-39(56)52-34(41(57)58)23(18-63-40(33)52)17-62-38-26(15-47-20-48-38)21-11-12-29(53)30(54)14-21/h1-15,19-20,33,40,53-54H,16-18H2,(H2,46,49)(H,50,55)(H,57,58)/b51-32+/t33-,40-/m1/s1. The number of nitrogen functional groups attached to an aromatic ring is 1. The van der Waals surface area contributed by atoms with Crippen LogP contribution in [0.1, 0.15) is 22.4 Å². The number of β-lactam (4-membered cyclic amide) rings is 1. The zero-order chi connectivity index (χ0) is 44.7. The van der Waals surface area contributed by atoms with E-state index in [1.165, 1.54) is 53.6 Å². The van der Waals surface area contributed by atoms with Gasteiger partial charge in [-0.25, -0.2) is 19.7 Å². The van der Waals surface area contributed by atoms with Crippen LogP contribution in [0, 0.1) is 0 Å². The number of benzene rings is 4. The number of nitrogens with zero attached hydrogens (tertiary/aromatic N) is 5. The van der Waals surface area contributed by atoms with Gasteiger partial charge in [-0.3, -0.25) is 14.5 Å². The molecule has 3 aliphatic heterocycles. The largest absolute Gasteiger partial charge is 0.504 e. The molecule has 0 spiro atoms. The molecule has 0 bridgehead atoms. The first kappa shape index (κ1) is 42.8. The summed E-state index contributed by atoms with van der Waals surface area (Å²) in [4.78, 5) is 59.8. The number of fused-ring (bicyclic) bond motifs is 2. The first-order valence-corrected chi connectivity index (χ1v) is 22.7. The number of nitrogens with two attached hydrogens (primary N) is 1. The van der Waals surface area contributed by atoms with Crippen molar-refractivity contribution in [1.82, 2.24) is 25.2 Å². The number of aromatic nitrogens is 3. The van der Waals surface area contributed by atoms with Crippen LogP contribution in [0.15, 0.2) is 124 Å². The first-order chi connectivity index (χ1) is 30.9. The molecule has 64 heavy (non-hydrogen) atoms. The predicted molar refractivity (Wildman–Crippen MR) is 240 cm³/mol. The maximum absolute atomic E-state index is 13.9. The predicted octanol–water partition coefficient (Wildman–Crippen LogP) is 7.02. The van der Waals surface area contributed by atoms with Gasteiger partial charge in [0.05, 0.1) is 10.0 Å². The second-order valence-corrected chi connectivity index (χ2v) is 17.9. The summed E-state index contributed by atoms with van der Waals surface area (Å²) >= 11 is 17.3. The normalized spacial score (nSPS) is 17.4. The Morgan fingerprint density at radius 2 is 1.73 bits per heavy atom. The third-order valence-corrected chi connectivity index (χ3v) is 14.0. The molecule has 0 saturated carbocycles. The Hall–Kier alpha value is -6.51. The van der Waals surface area contributed by atoms with Crippen molar-refractivity contribution in [2.45, 2.75) is 28.8 Å². The molecule has 324 valence electrons. The highest BCUT2D eigenvalue weighted by atomic mass is 35.5. The van der Waals surface area contributed by atoms with Crippen molar-refractivity contribution in [2.24, 2.45) is 5.16 Å². The molecule has 5 heterocycles. The van der Waals surface area contributed by atoms with Crippen LogP contribution in [-0.4, -0.2) is 81.6 Å². The van der Waals surface area contributed by atoms with Crippen LogP contribution in [-0.2, 0) is 31.6 Å². The van der Waals surface area contributed by atoms with Gasteiger partial charge in [-0.1, -0.05) is 95.1 Å². The van der Waals surface area contributed by atoms with E-state index in [-0.39, 0.29) is 73.4 Å². The third-order valence-electron chi connectivity index (χ3n) is 10.2. The van der Waals surface area contributed by atoms with Crippen LogP contribution >= 0.6 is 58.1 Å². The summed E-state index contributed by atoms with van der Waals surface area (Å²) in [6.07, 6.45) is 2.88. The van der Waals surface area contributed by atoms with E-state index in [0.717, 1.165) is 16.2 Å². The van der Waals surface area contributed by atoms with Gasteiger partial charge in [-0.05, 0) is 29.3 Å². The second kappa shape index (κ2) is 17.6. The van der Waals surface area contributed by atoms with E-state index in [4.69, 9.17) is 43.2 Å². The number of phenolic OH excluding ortho intramolecular Hbond substituents is 2. The van der Waals surface area contributed by atoms with Gasteiger partial charge in [0.1, 0.15) is 40.8 Å². The fourth-order valence-electron chi connectivity index (χ4n) is 7.20. The molecule has 0 unspecified atom stereocenters.